The summed E-state index contributed by atoms with van der Waals surface area (Å²) in [6.45, 7) is 1.86. The molecule has 2 aromatic rings. The van der Waals surface area contributed by atoms with Crippen molar-refractivity contribution in [2.75, 3.05) is 11.5 Å². The Labute approximate surface area is 134 Å². The third kappa shape index (κ3) is 3.03. The number of hydrogen-bond donors (Lipinski definition) is 2. The van der Waals surface area contributed by atoms with E-state index in [9.17, 15) is 18.3 Å². The molecular formula is C15H19N3O4S. The number of fused-ring (bicyclic) bond motifs is 1. The van der Waals surface area contributed by atoms with Crippen molar-refractivity contribution in [3.63, 3.8) is 0 Å². The van der Waals surface area contributed by atoms with E-state index < -0.39 is 15.4 Å². The van der Waals surface area contributed by atoms with Crippen LogP contribution in [0.25, 0.3) is 11.0 Å². The second kappa shape index (κ2) is 5.23. The molecule has 8 heteroatoms. The van der Waals surface area contributed by atoms with Crippen molar-refractivity contribution < 1.29 is 18.3 Å². The Morgan fingerprint density at radius 2 is 2.00 bits per heavy atom. The molecule has 0 atom stereocenters. The lowest BCUT2D eigenvalue weighted by atomic mass is 9.95. The second-order valence-electron chi connectivity index (χ2n) is 6.33. The van der Waals surface area contributed by atoms with Crippen LogP contribution in [0.5, 0.6) is 5.75 Å². The fourth-order valence-electron chi connectivity index (χ4n) is 2.83. The molecule has 3 rings (SSSR count). The Morgan fingerprint density at radius 3 is 2.65 bits per heavy atom. The van der Waals surface area contributed by atoms with Crippen LogP contribution in [0.15, 0.2) is 18.2 Å². The Kier molecular flexibility index (Phi) is 3.59. The summed E-state index contributed by atoms with van der Waals surface area (Å²) in [6, 6.07) is 4.74. The molecule has 7 nitrogen and oxygen atoms in total. The molecule has 2 N–H and O–H groups in total. The van der Waals surface area contributed by atoms with Crippen LogP contribution < -0.4 is 5.32 Å². The first-order chi connectivity index (χ1) is 10.7. The molecule has 1 amide bonds. The summed E-state index contributed by atoms with van der Waals surface area (Å²) in [5.41, 5.74) is 0.723. The van der Waals surface area contributed by atoms with Gasteiger partial charge in [0, 0.05) is 18.7 Å². The Bertz CT molecular complexity index is 872. The number of nitrogens with one attached hydrogen (secondary N) is 1. The molecule has 0 radical (unpaired) electrons. The van der Waals surface area contributed by atoms with Gasteiger partial charge in [-0.15, -0.1) is 0 Å². The quantitative estimate of drug-likeness (QED) is 0.850. The molecule has 1 aromatic carbocycles. The average Bonchev–Trinajstić information content (AvgIpc) is 2.79. The third-order valence-electron chi connectivity index (χ3n) is 4.41. The zero-order valence-electron chi connectivity index (χ0n) is 13.0. The van der Waals surface area contributed by atoms with Crippen LogP contribution in [0.1, 0.15) is 30.4 Å². The van der Waals surface area contributed by atoms with Gasteiger partial charge in [0.15, 0.2) is 5.82 Å². The number of sulfone groups is 1. The number of amides is 1. The molecule has 0 unspecified atom stereocenters. The highest BCUT2D eigenvalue weighted by Gasteiger charge is 2.35. The molecule has 1 aromatic heterocycles. The van der Waals surface area contributed by atoms with Crippen molar-refractivity contribution in [2.24, 2.45) is 7.05 Å². The van der Waals surface area contributed by atoms with Gasteiger partial charge in [-0.1, -0.05) is 0 Å². The van der Waals surface area contributed by atoms with Gasteiger partial charge in [0.05, 0.1) is 22.5 Å². The number of aryl methyl sites for hydroxylation is 1. The van der Waals surface area contributed by atoms with Crippen molar-refractivity contribution in [1.29, 1.82) is 0 Å². The molecule has 0 saturated carbocycles. The topological polar surface area (TPSA) is 101 Å². The number of phenolic OH excluding ortho intramolecular Hbond substituents is 1. The maximum atomic E-state index is 12.5. The second-order valence-corrected chi connectivity index (χ2v) is 8.64. The minimum absolute atomic E-state index is 0.0835. The highest BCUT2D eigenvalue weighted by molar-refractivity contribution is 7.91. The first-order valence-corrected chi connectivity index (χ1v) is 9.20. The SMILES string of the molecule is Cn1c(C(=O)NC2(C)CCS(=O)(=O)CC2)nc2cc(O)ccc21. The van der Waals surface area contributed by atoms with Crippen LogP contribution in [0.2, 0.25) is 0 Å². The van der Waals surface area contributed by atoms with Crippen LogP contribution in [0, 0.1) is 0 Å². The third-order valence-corrected chi connectivity index (χ3v) is 6.06. The largest absolute Gasteiger partial charge is 0.508 e. The number of phenols is 1. The van der Waals surface area contributed by atoms with Crippen molar-refractivity contribution >= 4 is 26.8 Å². The minimum Gasteiger partial charge on any atom is -0.508 e. The molecule has 124 valence electrons. The first kappa shape index (κ1) is 15.8. The van der Waals surface area contributed by atoms with Gasteiger partial charge in [-0.3, -0.25) is 4.79 Å². The molecule has 2 heterocycles. The number of benzene rings is 1. The number of nitrogens with zero attached hydrogens (tertiary/aromatic N) is 2. The Hall–Kier alpha value is -2.09. The molecule has 1 aliphatic rings. The number of aromatic hydroxyl groups is 1. The molecule has 23 heavy (non-hydrogen) atoms. The van der Waals surface area contributed by atoms with Gasteiger partial charge in [-0.2, -0.15) is 0 Å². The molecule has 0 aliphatic carbocycles. The van der Waals surface area contributed by atoms with E-state index in [2.05, 4.69) is 10.3 Å². The number of aromatic nitrogens is 2. The van der Waals surface area contributed by atoms with Gasteiger partial charge < -0.3 is 15.0 Å². The highest BCUT2D eigenvalue weighted by atomic mass is 32.2. The first-order valence-electron chi connectivity index (χ1n) is 7.38. The summed E-state index contributed by atoms with van der Waals surface area (Å²) in [5, 5.41) is 12.4. The van der Waals surface area contributed by atoms with E-state index in [0.717, 1.165) is 5.52 Å². The summed E-state index contributed by atoms with van der Waals surface area (Å²) >= 11 is 0. The molecule has 1 saturated heterocycles. The number of rotatable bonds is 2. The molecule has 1 aliphatic heterocycles. The van der Waals surface area contributed by atoms with E-state index in [0.29, 0.717) is 18.4 Å². The summed E-state index contributed by atoms with van der Waals surface area (Å²) in [5.74, 6) is 0.151. The lowest BCUT2D eigenvalue weighted by molar-refractivity contribution is 0.0886. The van der Waals surface area contributed by atoms with Gasteiger partial charge in [-0.25, -0.2) is 13.4 Å². The van der Waals surface area contributed by atoms with E-state index in [-0.39, 0.29) is 29.0 Å². The lowest BCUT2D eigenvalue weighted by Crippen LogP contribution is -2.51. The zero-order valence-corrected chi connectivity index (χ0v) is 13.9. The summed E-state index contributed by atoms with van der Waals surface area (Å²) in [7, 11) is -1.26. The number of imidazole rings is 1. The summed E-state index contributed by atoms with van der Waals surface area (Å²) in [6.07, 6.45) is 0.789. The van der Waals surface area contributed by atoms with Crippen LogP contribution >= 0.6 is 0 Å². The van der Waals surface area contributed by atoms with Gasteiger partial charge >= 0.3 is 0 Å². The summed E-state index contributed by atoms with van der Waals surface area (Å²) < 4.78 is 24.7. The van der Waals surface area contributed by atoms with Crippen LogP contribution in [-0.4, -0.2) is 46.0 Å². The molecule has 1 fully saturated rings. The van der Waals surface area contributed by atoms with E-state index in [1.54, 1.807) is 23.7 Å². The zero-order chi connectivity index (χ0) is 16.8. The normalized spacial score (nSPS) is 19.6. The monoisotopic (exact) mass is 337 g/mol. The fourth-order valence-corrected chi connectivity index (χ4v) is 4.56. The summed E-state index contributed by atoms with van der Waals surface area (Å²) in [4.78, 5) is 16.8. The Morgan fingerprint density at radius 1 is 1.35 bits per heavy atom. The van der Waals surface area contributed by atoms with E-state index >= 15 is 0 Å². The maximum Gasteiger partial charge on any atom is 0.287 e. The van der Waals surface area contributed by atoms with Gasteiger partial charge in [0.1, 0.15) is 15.6 Å². The molecule has 0 spiro atoms. The number of hydrogen-bond acceptors (Lipinski definition) is 5. The van der Waals surface area contributed by atoms with Crippen LogP contribution in [0.4, 0.5) is 0 Å². The van der Waals surface area contributed by atoms with Gasteiger partial charge in [0.25, 0.3) is 5.91 Å². The predicted molar refractivity (Wildman–Crippen MR) is 86.1 cm³/mol. The maximum absolute atomic E-state index is 12.5. The van der Waals surface area contributed by atoms with Crippen molar-refractivity contribution in [3.8, 4) is 5.75 Å². The minimum atomic E-state index is -2.99. The fraction of sp³-hybridized carbons (Fsp3) is 0.467. The van der Waals surface area contributed by atoms with Crippen molar-refractivity contribution in [3.05, 3.63) is 24.0 Å². The number of carbonyl (C=O) groups excluding carboxylic acids is 1. The van der Waals surface area contributed by atoms with Crippen LogP contribution in [0.3, 0.4) is 0 Å². The number of carbonyl (C=O) groups is 1. The predicted octanol–water partition coefficient (Wildman–Crippen LogP) is 0.976. The lowest BCUT2D eigenvalue weighted by Gasteiger charge is -2.34. The van der Waals surface area contributed by atoms with Gasteiger partial charge in [0.2, 0.25) is 0 Å². The standard InChI is InChI=1S/C15H19N3O4S/c1-15(5-7-23(21,22)8-6-15)17-14(20)13-16-11-9-10(19)3-4-12(11)18(13)2/h3-4,9,19H,5-8H2,1-2H3,(H,17,20). The Balaban J connectivity index is 1.85. The highest BCUT2D eigenvalue weighted by Crippen LogP contribution is 2.25. The molecule has 0 bridgehead atoms. The smallest absolute Gasteiger partial charge is 0.287 e. The van der Waals surface area contributed by atoms with Gasteiger partial charge in [-0.05, 0) is 31.9 Å². The molecular weight excluding hydrogens is 318 g/mol. The average molecular weight is 337 g/mol. The van der Waals surface area contributed by atoms with E-state index in [1.807, 2.05) is 6.92 Å². The van der Waals surface area contributed by atoms with E-state index in [1.165, 1.54) is 6.07 Å². The van der Waals surface area contributed by atoms with Crippen LogP contribution in [-0.2, 0) is 16.9 Å². The van der Waals surface area contributed by atoms with Crippen molar-refractivity contribution in [2.45, 2.75) is 25.3 Å². The van der Waals surface area contributed by atoms with Crippen molar-refractivity contribution in [1.82, 2.24) is 14.9 Å². The van der Waals surface area contributed by atoms with E-state index in [4.69, 9.17) is 0 Å².